The largest absolute Gasteiger partial charge is 0.322 e. The van der Waals surface area contributed by atoms with Crippen LogP contribution in [0.15, 0.2) is 48.0 Å². The van der Waals surface area contributed by atoms with Gasteiger partial charge >= 0.3 is 6.03 Å². The monoisotopic (exact) mass is 574 g/mol. The standard InChI is InChI=1S/C32H35ClN4O4/c1-32(2)13-12-22(25(16-32)20-6-8-23(33)9-7-20)18-36-15-14-35(31(36)41)17-21-4-3-5-24-26(21)19-37(30(24)40)27-10-11-28(38)34-29(27)39/h3-9,27H,10-19H2,1-2H3,(H,34,38,39). The summed E-state index contributed by atoms with van der Waals surface area (Å²) in [5.74, 6) is -0.929. The van der Waals surface area contributed by atoms with Crippen molar-refractivity contribution in [2.45, 2.75) is 65.1 Å². The molecule has 9 heteroatoms. The topological polar surface area (TPSA) is 90.0 Å². The van der Waals surface area contributed by atoms with E-state index >= 15 is 0 Å². The van der Waals surface area contributed by atoms with Gasteiger partial charge in [-0.05, 0) is 77.1 Å². The zero-order chi connectivity index (χ0) is 28.9. The first kappa shape index (κ1) is 27.5. The normalized spacial score (nSPS) is 22.5. The minimum absolute atomic E-state index is 0.00161. The van der Waals surface area contributed by atoms with Crippen LogP contribution in [-0.4, -0.2) is 64.1 Å². The molecule has 0 aromatic heterocycles. The predicted molar refractivity (Wildman–Crippen MR) is 156 cm³/mol. The minimum atomic E-state index is -0.659. The summed E-state index contributed by atoms with van der Waals surface area (Å²) in [7, 11) is 0. The second-order valence-corrected chi connectivity index (χ2v) is 12.8. The molecule has 2 fully saturated rings. The molecule has 41 heavy (non-hydrogen) atoms. The number of carbonyl (C=O) groups excluding carboxylic acids is 4. The van der Waals surface area contributed by atoms with E-state index in [9.17, 15) is 19.2 Å². The lowest BCUT2D eigenvalue weighted by molar-refractivity contribution is -0.136. The molecule has 1 N–H and O–H groups in total. The Labute approximate surface area is 245 Å². The molecule has 5 amide bonds. The molecule has 2 saturated heterocycles. The summed E-state index contributed by atoms with van der Waals surface area (Å²) in [6, 6.07) is 12.9. The summed E-state index contributed by atoms with van der Waals surface area (Å²) in [6.07, 6.45) is 3.54. The van der Waals surface area contributed by atoms with Gasteiger partial charge in [-0.3, -0.25) is 19.7 Å². The van der Waals surface area contributed by atoms with Gasteiger partial charge in [0.1, 0.15) is 6.04 Å². The lowest BCUT2D eigenvalue weighted by Crippen LogP contribution is -2.52. The lowest BCUT2D eigenvalue weighted by Gasteiger charge is -2.35. The number of piperidine rings is 1. The second kappa shape index (κ2) is 10.6. The zero-order valence-electron chi connectivity index (χ0n) is 23.5. The smallest absolute Gasteiger partial charge is 0.320 e. The van der Waals surface area contributed by atoms with E-state index in [1.165, 1.54) is 16.7 Å². The number of benzene rings is 2. The van der Waals surface area contributed by atoms with Gasteiger partial charge in [-0.2, -0.15) is 0 Å². The van der Waals surface area contributed by atoms with Gasteiger partial charge in [0.15, 0.2) is 0 Å². The van der Waals surface area contributed by atoms with E-state index in [1.807, 2.05) is 34.1 Å². The molecule has 1 aliphatic carbocycles. The molecule has 3 heterocycles. The number of urea groups is 1. The molecule has 1 unspecified atom stereocenters. The van der Waals surface area contributed by atoms with Crippen LogP contribution in [0.2, 0.25) is 5.02 Å². The Morgan fingerprint density at radius 1 is 0.951 bits per heavy atom. The quantitative estimate of drug-likeness (QED) is 0.492. The van der Waals surface area contributed by atoms with Crippen LogP contribution in [0.3, 0.4) is 0 Å². The van der Waals surface area contributed by atoms with E-state index in [0.717, 1.165) is 30.4 Å². The van der Waals surface area contributed by atoms with Crippen molar-refractivity contribution in [2.24, 2.45) is 5.41 Å². The van der Waals surface area contributed by atoms with E-state index < -0.39 is 11.9 Å². The number of allylic oxidation sites excluding steroid dienone is 1. The van der Waals surface area contributed by atoms with E-state index in [1.54, 1.807) is 11.0 Å². The van der Waals surface area contributed by atoms with Crippen molar-refractivity contribution in [2.75, 3.05) is 19.6 Å². The van der Waals surface area contributed by atoms with Gasteiger partial charge in [-0.1, -0.05) is 49.7 Å². The molecule has 0 saturated carbocycles. The Kier molecular flexibility index (Phi) is 7.14. The number of carbonyl (C=O) groups is 4. The molecule has 4 aliphatic rings. The van der Waals surface area contributed by atoms with Gasteiger partial charge in [0.05, 0.1) is 0 Å². The fraction of sp³-hybridized carbons (Fsp3) is 0.438. The molecule has 2 aromatic carbocycles. The fourth-order valence-corrected chi connectivity index (χ4v) is 6.75. The summed E-state index contributed by atoms with van der Waals surface area (Å²) in [6.45, 7) is 7.18. The highest BCUT2D eigenvalue weighted by Gasteiger charge is 2.40. The Morgan fingerprint density at radius 2 is 1.68 bits per heavy atom. The lowest BCUT2D eigenvalue weighted by atomic mass is 9.72. The molecule has 0 spiro atoms. The third kappa shape index (κ3) is 5.37. The van der Waals surface area contributed by atoms with Crippen LogP contribution in [0.1, 0.15) is 73.0 Å². The number of nitrogens with one attached hydrogen (secondary N) is 1. The van der Waals surface area contributed by atoms with Crippen molar-refractivity contribution >= 4 is 40.9 Å². The zero-order valence-corrected chi connectivity index (χ0v) is 24.3. The molecular weight excluding hydrogens is 540 g/mol. The van der Waals surface area contributed by atoms with Gasteiger partial charge in [0.2, 0.25) is 11.8 Å². The Hall–Kier alpha value is -3.65. The molecule has 0 bridgehead atoms. The molecular formula is C32H35ClN4O4. The third-order valence-electron chi connectivity index (χ3n) is 8.98. The van der Waals surface area contributed by atoms with Gasteiger partial charge in [0, 0.05) is 49.7 Å². The number of rotatable bonds is 6. The van der Waals surface area contributed by atoms with Gasteiger partial charge < -0.3 is 14.7 Å². The number of hydrogen-bond donors (Lipinski definition) is 1. The summed E-state index contributed by atoms with van der Waals surface area (Å²) < 4.78 is 0. The molecule has 3 aliphatic heterocycles. The van der Waals surface area contributed by atoms with Crippen LogP contribution in [-0.2, 0) is 22.7 Å². The number of hydrogen-bond acceptors (Lipinski definition) is 4. The molecule has 6 rings (SSSR count). The summed E-state index contributed by atoms with van der Waals surface area (Å²) >= 11 is 6.16. The van der Waals surface area contributed by atoms with Crippen LogP contribution < -0.4 is 5.32 Å². The maximum Gasteiger partial charge on any atom is 0.320 e. The highest BCUT2D eigenvalue weighted by atomic mass is 35.5. The van der Waals surface area contributed by atoms with Crippen molar-refractivity contribution in [1.29, 1.82) is 0 Å². The highest BCUT2D eigenvalue weighted by molar-refractivity contribution is 6.30. The van der Waals surface area contributed by atoms with E-state index in [-0.39, 0.29) is 29.7 Å². The van der Waals surface area contributed by atoms with Crippen molar-refractivity contribution in [3.8, 4) is 0 Å². The number of fused-ring (bicyclic) bond motifs is 1. The van der Waals surface area contributed by atoms with Crippen LogP contribution in [0, 0.1) is 5.41 Å². The van der Waals surface area contributed by atoms with E-state index in [4.69, 9.17) is 11.6 Å². The maximum atomic E-state index is 13.6. The summed E-state index contributed by atoms with van der Waals surface area (Å²) in [4.78, 5) is 56.2. The second-order valence-electron chi connectivity index (χ2n) is 12.4. The van der Waals surface area contributed by atoms with E-state index in [0.29, 0.717) is 49.7 Å². The SMILES string of the molecule is CC1(C)CCC(CN2CCN(Cc3cccc4c3CN(C3CCC(=O)NC3=O)C4=O)C2=O)=C(c2ccc(Cl)cc2)C1. The van der Waals surface area contributed by atoms with Crippen molar-refractivity contribution in [3.63, 3.8) is 0 Å². The van der Waals surface area contributed by atoms with Crippen molar-refractivity contribution < 1.29 is 19.2 Å². The molecule has 1 atom stereocenters. The Bertz CT molecular complexity index is 1460. The highest BCUT2D eigenvalue weighted by Crippen LogP contribution is 2.43. The van der Waals surface area contributed by atoms with Gasteiger partial charge in [-0.15, -0.1) is 0 Å². The average molecular weight is 575 g/mol. The first-order valence-electron chi connectivity index (χ1n) is 14.4. The van der Waals surface area contributed by atoms with Crippen LogP contribution in [0.5, 0.6) is 0 Å². The molecule has 0 radical (unpaired) electrons. The first-order valence-corrected chi connectivity index (χ1v) is 14.7. The summed E-state index contributed by atoms with van der Waals surface area (Å²) in [5, 5.41) is 3.07. The summed E-state index contributed by atoms with van der Waals surface area (Å²) in [5.41, 5.74) is 6.35. The average Bonchev–Trinajstić information content (AvgIpc) is 3.45. The minimum Gasteiger partial charge on any atom is -0.322 e. The third-order valence-corrected chi connectivity index (χ3v) is 9.23. The maximum absolute atomic E-state index is 13.6. The molecule has 214 valence electrons. The van der Waals surface area contributed by atoms with E-state index in [2.05, 4.69) is 31.3 Å². The number of halogens is 1. The number of imide groups is 1. The van der Waals surface area contributed by atoms with Gasteiger partial charge in [-0.25, -0.2) is 4.79 Å². The van der Waals surface area contributed by atoms with Crippen LogP contribution in [0.4, 0.5) is 4.79 Å². The van der Waals surface area contributed by atoms with Crippen molar-refractivity contribution in [1.82, 2.24) is 20.0 Å². The Balaban J connectivity index is 1.18. The number of amides is 5. The van der Waals surface area contributed by atoms with Crippen LogP contribution in [0.25, 0.3) is 5.57 Å². The van der Waals surface area contributed by atoms with Gasteiger partial charge in [0.25, 0.3) is 5.91 Å². The predicted octanol–water partition coefficient (Wildman–Crippen LogP) is 5.00. The van der Waals surface area contributed by atoms with Crippen molar-refractivity contribution in [3.05, 3.63) is 75.3 Å². The number of nitrogens with zero attached hydrogens (tertiary/aromatic N) is 3. The van der Waals surface area contributed by atoms with Crippen LogP contribution >= 0.6 is 11.6 Å². The first-order chi connectivity index (χ1) is 19.6. The Morgan fingerprint density at radius 3 is 2.41 bits per heavy atom. The molecule has 8 nitrogen and oxygen atoms in total. The fourth-order valence-electron chi connectivity index (χ4n) is 6.62. The molecule has 2 aromatic rings.